The van der Waals surface area contributed by atoms with Gasteiger partial charge in [0.05, 0.1) is 74.0 Å². The summed E-state index contributed by atoms with van der Waals surface area (Å²) in [5.74, 6) is -1.76. The highest BCUT2D eigenvalue weighted by Gasteiger charge is 2.42. The van der Waals surface area contributed by atoms with Crippen LogP contribution in [0.3, 0.4) is 0 Å². The van der Waals surface area contributed by atoms with Crippen molar-refractivity contribution in [3.63, 3.8) is 0 Å². The normalized spacial score (nSPS) is 14.8. The van der Waals surface area contributed by atoms with E-state index >= 15 is 0 Å². The number of hydrogen-bond donors (Lipinski definition) is 5. The Labute approximate surface area is 471 Å². The molecule has 0 amide bonds. The van der Waals surface area contributed by atoms with Gasteiger partial charge in [-0.05, 0) is 129 Å². The number of carbonyl (C=O) groups is 4. The minimum atomic E-state index is -3.94. The van der Waals surface area contributed by atoms with E-state index in [1.807, 2.05) is 6.07 Å². The Morgan fingerprint density at radius 1 is 0.642 bits per heavy atom. The topological polar surface area (TPSA) is 384 Å². The van der Waals surface area contributed by atoms with Crippen molar-refractivity contribution >= 4 is 72.9 Å². The molecule has 7 N–H and O–H groups in total. The number of rotatable bonds is 26. The second kappa shape index (κ2) is 30.4. The van der Waals surface area contributed by atoms with Crippen LogP contribution in [0.15, 0.2) is 49.6 Å². The average molecular weight is 1180 g/mol. The Balaban J connectivity index is 0.000000369. The summed E-state index contributed by atoms with van der Waals surface area (Å²) in [5, 5.41) is 23.3. The predicted octanol–water partition coefficient (Wildman–Crippen LogP) is 6.19. The molecule has 0 saturated heterocycles. The van der Waals surface area contributed by atoms with E-state index < -0.39 is 80.8 Å². The van der Waals surface area contributed by atoms with E-state index in [1.165, 1.54) is 46.4 Å². The average Bonchev–Trinajstić information content (AvgIpc) is 4.02. The van der Waals surface area contributed by atoms with E-state index in [0.29, 0.717) is 41.0 Å². The Hall–Kier alpha value is -6.69. The zero-order valence-corrected chi connectivity index (χ0v) is 50.6. The van der Waals surface area contributed by atoms with Gasteiger partial charge in [-0.2, -0.15) is 5.26 Å². The lowest BCUT2D eigenvalue weighted by molar-refractivity contribution is -0.156. The highest BCUT2D eigenvalue weighted by Crippen LogP contribution is 2.47. The van der Waals surface area contributed by atoms with Crippen molar-refractivity contribution in [3.05, 3.63) is 55.1 Å². The number of nitrogens with two attached hydrogens (primary N) is 2. The summed E-state index contributed by atoms with van der Waals surface area (Å²) >= 11 is 0. The smallest absolute Gasteiger partial charge is 0.342 e. The molecule has 4 heterocycles. The lowest BCUT2D eigenvalue weighted by Gasteiger charge is -2.32. The van der Waals surface area contributed by atoms with Crippen LogP contribution in [0.5, 0.6) is 5.75 Å². The molecule has 5 rings (SSSR count). The lowest BCUT2D eigenvalue weighted by Crippen LogP contribution is -2.48. The van der Waals surface area contributed by atoms with Crippen molar-refractivity contribution in [1.29, 1.82) is 5.26 Å². The van der Waals surface area contributed by atoms with Gasteiger partial charge in [-0.25, -0.2) is 49.7 Å². The van der Waals surface area contributed by atoms with E-state index in [1.54, 1.807) is 123 Å². The first kappa shape index (κ1) is 68.6. The molecule has 30 heteroatoms. The molecule has 0 saturated carbocycles. The minimum Gasteiger partial charge on any atom is -0.462 e. The van der Waals surface area contributed by atoms with Crippen LogP contribution in [0.25, 0.3) is 22.3 Å². The number of anilines is 2. The van der Waals surface area contributed by atoms with Gasteiger partial charge in [-0.15, -0.1) is 0 Å². The van der Waals surface area contributed by atoms with Gasteiger partial charge in [0.25, 0.3) is 7.52 Å². The van der Waals surface area contributed by atoms with Crippen LogP contribution in [0, 0.1) is 11.3 Å². The summed E-state index contributed by atoms with van der Waals surface area (Å²) in [6.45, 7) is 26.8. The van der Waals surface area contributed by atoms with Gasteiger partial charge in [-0.3, -0.25) is 18.7 Å². The summed E-state index contributed by atoms with van der Waals surface area (Å²) in [7, 11) is -7.78. The number of imidazole rings is 2. The number of benzene rings is 1. The predicted molar refractivity (Wildman–Crippen MR) is 299 cm³/mol. The number of nitrogen functional groups attached to an aromatic ring is 2. The number of fused-ring (bicyclic) bond motifs is 2. The Bertz CT molecular complexity index is 3030. The molecule has 0 aliphatic rings. The standard InChI is InChI=1S/C23H30N7O5P.C22H37N6O7P.C6H12O3/c1-15(2)34-22(31)23(4,5)29-36(32,35-18-8-6-7-17(9-18)10-24)14-33-16(3)11-30-13-28-19-20(25)26-12-27-21(19)30;1-13(2)33-20(29)16(6)35-36(31,27-22(7,8)21(30)34-14(3)4)12-32-15(5)9-28-11-26-17-18(23)24-10-25-19(17)28;1-4(2)9-6(8)5(3)7/h6-9,12-13,15-16H,11,14H2,1-5H3,(H,29,32)(H2,25,26,27);10-11,13-16H,9,12H2,1-8H3,(H,27,31)(H2,23,24,25);4-5,7H,1-3H3/t16-,36?;15-,16+,36?;5-/m110/s1. The summed E-state index contributed by atoms with van der Waals surface area (Å²) in [6, 6.07) is 8.24. The van der Waals surface area contributed by atoms with Gasteiger partial charge in [0, 0.05) is 0 Å². The van der Waals surface area contributed by atoms with Crippen molar-refractivity contribution in [2.75, 3.05) is 24.2 Å². The third-order valence-corrected chi connectivity index (χ3v) is 14.3. The van der Waals surface area contributed by atoms with Gasteiger partial charge in [0.2, 0.25) is 0 Å². The van der Waals surface area contributed by atoms with Crippen molar-refractivity contribution in [1.82, 2.24) is 49.2 Å². The Morgan fingerprint density at radius 3 is 1.47 bits per heavy atom. The van der Waals surface area contributed by atoms with E-state index in [4.69, 9.17) is 49.3 Å². The van der Waals surface area contributed by atoms with Crippen molar-refractivity contribution in [3.8, 4) is 11.8 Å². The number of carbonyl (C=O) groups excluding carboxylic acids is 4. The molecule has 0 fully saturated rings. The van der Waals surface area contributed by atoms with Crippen LogP contribution in [0.1, 0.15) is 116 Å². The monoisotopic (exact) mass is 1180 g/mol. The van der Waals surface area contributed by atoms with Crippen molar-refractivity contribution < 1.29 is 70.9 Å². The highest BCUT2D eigenvalue weighted by molar-refractivity contribution is 7.57. The first-order valence-electron chi connectivity index (χ1n) is 25.8. The van der Waals surface area contributed by atoms with Gasteiger partial charge >= 0.3 is 31.4 Å². The molecule has 4 aromatic heterocycles. The fourth-order valence-electron chi connectivity index (χ4n) is 6.76. The number of nitrogens with one attached hydrogen (secondary N) is 2. The third kappa shape index (κ3) is 22.3. The molecular formula is C51H79N13O15P2. The maximum absolute atomic E-state index is 13.9. The van der Waals surface area contributed by atoms with Crippen LogP contribution < -0.4 is 26.2 Å². The molecule has 28 nitrogen and oxygen atoms in total. The van der Waals surface area contributed by atoms with Crippen LogP contribution in [-0.4, -0.2) is 141 Å². The quantitative estimate of drug-likeness (QED) is 0.0234. The van der Waals surface area contributed by atoms with Gasteiger partial charge in [-0.1, -0.05) is 6.07 Å². The number of aromatic nitrogens is 8. The van der Waals surface area contributed by atoms with Gasteiger partial charge in [0.15, 0.2) is 29.0 Å². The SMILES string of the molecule is CC(C)OC(=O)C(C)(C)NP(=O)(CO[C@H](C)Cn1cnc2c(N)ncnc21)Oc1cccc(C#N)c1.CC(C)OC(=O)[C@H](C)O.CC(C)OC(=O)[C@H](C)OP(=O)(CO[C@H](C)Cn1cnc2c(N)ncnc21)NC(C)(C)C(=O)OC(C)C. The molecule has 448 valence electrons. The van der Waals surface area contributed by atoms with Crippen LogP contribution >= 0.6 is 15.0 Å². The Kier molecular flexibility index (Phi) is 25.7. The van der Waals surface area contributed by atoms with Crippen LogP contribution in [0.4, 0.5) is 11.6 Å². The molecule has 6 atom stereocenters. The minimum absolute atomic E-state index is 0.146. The van der Waals surface area contributed by atoms with Gasteiger partial charge < -0.3 is 63.2 Å². The first-order chi connectivity index (χ1) is 37.6. The molecule has 5 aromatic rings. The number of hydrogen-bond acceptors (Lipinski definition) is 24. The summed E-state index contributed by atoms with van der Waals surface area (Å²) < 4.78 is 74.8. The summed E-state index contributed by atoms with van der Waals surface area (Å²) in [4.78, 5) is 72.7. The van der Waals surface area contributed by atoms with E-state index in [2.05, 4.69) is 44.8 Å². The number of ether oxygens (including phenoxy) is 6. The van der Waals surface area contributed by atoms with Crippen molar-refractivity contribution in [2.45, 2.75) is 184 Å². The lowest BCUT2D eigenvalue weighted by atomic mass is 10.1. The van der Waals surface area contributed by atoms with E-state index in [0.717, 1.165) is 0 Å². The first-order valence-corrected chi connectivity index (χ1v) is 29.4. The number of nitriles is 1. The zero-order chi connectivity index (χ0) is 61.2. The highest BCUT2D eigenvalue weighted by atomic mass is 31.2. The molecule has 81 heavy (non-hydrogen) atoms. The number of aliphatic hydroxyl groups is 1. The van der Waals surface area contributed by atoms with E-state index in [-0.39, 0.29) is 48.1 Å². The Morgan fingerprint density at radius 2 is 1.06 bits per heavy atom. The van der Waals surface area contributed by atoms with Crippen LogP contribution in [-0.2, 0) is 74.3 Å². The maximum atomic E-state index is 13.9. The number of nitrogens with zero attached hydrogens (tertiary/aromatic N) is 9. The van der Waals surface area contributed by atoms with E-state index in [9.17, 15) is 33.6 Å². The van der Waals surface area contributed by atoms with Crippen molar-refractivity contribution in [2.24, 2.45) is 0 Å². The molecule has 2 unspecified atom stereocenters. The molecule has 0 bridgehead atoms. The second-order valence-electron chi connectivity index (χ2n) is 20.7. The second-order valence-corrected chi connectivity index (χ2v) is 24.8. The fraction of sp³-hybridized carbons (Fsp3) is 0.588. The third-order valence-electron chi connectivity index (χ3n) is 10.4. The molecular weight excluding hydrogens is 1100 g/mol. The summed E-state index contributed by atoms with van der Waals surface area (Å²) in [5.41, 5.74) is 11.3. The molecule has 0 spiro atoms. The molecule has 0 aliphatic carbocycles. The zero-order valence-electron chi connectivity index (χ0n) is 48.8. The van der Waals surface area contributed by atoms with Crippen LogP contribution in [0.2, 0.25) is 0 Å². The largest absolute Gasteiger partial charge is 0.462 e. The maximum Gasteiger partial charge on any atom is 0.342 e. The fourth-order valence-corrected chi connectivity index (χ4v) is 10.9. The van der Waals surface area contributed by atoms with Gasteiger partial charge in [0.1, 0.15) is 59.3 Å². The number of aliphatic hydroxyl groups excluding tert-OH is 1. The molecule has 0 aliphatic heterocycles. The molecule has 1 aromatic carbocycles. The summed E-state index contributed by atoms with van der Waals surface area (Å²) in [6.07, 6.45) is 0.623. The molecule has 0 radical (unpaired) electrons. The number of esters is 4.